The Bertz CT molecular complexity index is 1360. The zero-order chi connectivity index (χ0) is 28.4. The van der Waals surface area contributed by atoms with Gasteiger partial charge in [-0.2, -0.15) is 4.90 Å². The number of imide groups is 3. The first-order valence-electron chi connectivity index (χ1n) is 13.4. The number of hydrogen-bond donors (Lipinski definition) is 2. The number of carbonyl (C=O) groups excluding carboxylic acids is 3. The zero-order valence-electron chi connectivity index (χ0n) is 22.5. The molecule has 208 valence electrons. The summed E-state index contributed by atoms with van der Waals surface area (Å²) in [5.74, 6) is -2.34. The number of benzene rings is 2. The van der Waals surface area contributed by atoms with Crippen LogP contribution in [0.5, 0.6) is 11.5 Å². The Kier molecular flexibility index (Phi) is 8.09. The predicted molar refractivity (Wildman–Crippen MR) is 147 cm³/mol. The number of carbonyl (C=O) groups is 3. The molecular weight excluding hydrogens is 513 g/mol. The van der Waals surface area contributed by atoms with Gasteiger partial charge in [-0.1, -0.05) is 42.0 Å². The highest BCUT2D eigenvalue weighted by atomic mass is 16.5. The van der Waals surface area contributed by atoms with Crippen LogP contribution in [-0.2, 0) is 19.0 Å². The first kappa shape index (κ1) is 27.7. The lowest BCUT2D eigenvalue weighted by atomic mass is 9.58. The summed E-state index contributed by atoms with van der Waals surface area (Å²) in [4.78, 5) is 39.6. The molecule has 5 rings (SSSR count). The normalized spacial score (nSPS) is 24.6. The van der Waals surface area contributed by atoms with Gasteiger partial charge in [0.15, 0.2) is 0 Å². The van der Waals surface area contributed by atoms with Gasteiger partial charge in [0, 0.05) is 0 Å². The average molecular weight is 545 g/mol. The number of methoxy groups -OCH3 is 1. The topological polar surface area (TPSA) is 123 Å². The Morgan fingerprint density at radius 3 is 2.62 bits per heavy atom. The zero-order valence-corrected chi connectivity index (χ0v) is 22.5. The van der Waals surface area contributed by atoms with Crippen molar-refractivity contribution in [2.24, 2.45) is 17.8 Å². The van der Waals surface area contributed by atoms with E-state index in [9.17, 15) is 24.5 Å². The molecule has 0 unspecified atom stereocenters. The summed E-state index contributed by atoms with van der Waals surface area (Å²) in [7, 11) is 0.00778. The van der Waals surface area contributed by atoms with E-state index in [2.05, 4.69) is 0 Å². The number of amides is 3. The Hall–Kier alpha value is -3.89. The van der Waals surface area contributed by atoms with E-state index in [0.717, 1.165) is 29.4 Å². The van der Waals surface area contributed by atoms with Gasteiger partial charge in [-0.05, 0) is 79.4 Å². The van der Waals surface area contributed by atoms with E-state index >= 15 is 0 Å². The maximum Gasteiger partial charge on any atom is 0.455 e. The molecule has 0 aromatic heterocycles. The van der Waals surface area contributed by atoms with Crippen molar-refractivity contribution in [3.8, 4) is 11.5 Å². The third-order valence-electron chi connectivity index (χ3n) is 7.91. The molecule has 3 amide bonds. The van der Waals surface area contributed by atoms with Crippen LogP contribution in [0.15, 0.2) is 71.3 Å². The van der Waals surface area contributed by atoms with Gasteiger partial charge in [-0.25, -0.2) is 4.79 Å². The standard InChI is InChI=1S/C30H32BNO8/c1-18(13-19-7-6-8-21(33)14-19)11-12-25-26-20(17-39-22-9-4-3-5-10-22)15-23-27(24(26)16-31(37)40-25)29(35)32(28(23)34)30(36)38-2/h3-10,13-14,23-25,27,33,37H,11-12,15-17H2,1-2H3/b18-13+/t23-,24+,25-,27-/m1/s1. The molecule has 10 heteroatoms. The number of fused-ring (bicyclic) bond motifs is 3. The summed E-state index contributed by atoms with van der Waals surface area (Å²) in [5.41, 5.74) is 3.62. The largest absolute Gasteiger partial charge is 0.508 e. The van der Waals surface area contributed by atoms with Crippen molar-refractivity contribution in [2.75, 3.05) is 13.7 Å². The van der Waals surface area contributed by atoms with Crippen molar-refractivity contribution in [1.29, 1.82) is 0 Å². The molecule has 2 aliphatic heterocycles. The second-order valence-electron chi connectivity index (χ2n) is 10.5. The molecule has 3 aliphatic rings. The van der Waals surface area contributed by atoms with Crippen LogP contribution >= 0.6 is 0 Å². The molecule has 2 heterocycles. The Labute approximate surface area is 233 Å². The van der Waals surface area contributed by atoms with E-state index in [4.69, 9.17) is 14.1 Å². The molecule has 2 N–H and O–H groups in total. The van der Waals surface area contributed by atoms with E-state index in [1.54, 1.807) is 18.2 Å². The molecule has 0 saturated carbocycles. The predicted octanol–water partition coefficient (Wildman–Crippen LogP) is 4.22. The fourth-order valence-corrected chi connectivity index (χ4v) is 6.18. The van der Waals surface area contributed by atoms with Crippen LogP contribution in [0.2, 0.25) is 6.32 Å². The number of para-hydroxylation sites is 1. The van der Waals surface area contributed by atoms with E-state index in [-0.39, 0.29) is 25.1 Å². The molecule has 9 nitrogen and oxygen atoms in total. The summed E-state index contributed by atoms with van der Waals surface area (Å²) in [6, 6.07) is 16.3. The minimum atomic E-state index is -1.13. The molecule has 2 saturated heterocycles. The van der Waals surface area contributed by atoms with E-state index < -0.39 is 48.9 Å². The number of rotatable bonds is 7. The maximum absolute atomic E-state index is 13.4. The molecule has 0 radical (unpaired) electrons. The van der Waals surface area contributed by atoms with Crippen molar-refractivity contribution in [3.63, 3.8) is 0 Å². The number of allylic oxidation sites excluding steroid dienone is 1. The van der Waals surface area contributed by atoms with E-state index in [1.165, 1.54) is 0 Å². The third kappa shape index (κ3) is 5.55. The number of phenols is 1. The molecule has 2 aromatic rings. The fraction of sp³-hybridized carbons (Fsp3) is 0.367. The van der Waals surface area contributed by atoms with Crippen molar-refractivity contribution >= 4 is 31.1 Å². The van der Waals surface area contributed by atoms with Crippen LogP contribution < -0.4 is 4.74 Å². The molecule has 2 aromatic carbocycles. The molecule has 1 aliphatic carbocycles. The lowest BCUT2D eigenvalue weighted by molar-refractivity contribution is -0.137. The van der Waals surface area contributed by atoms with Gasteiger partial charge in [0.05, 0.1) is 25.0 Å². The Balaban J connectivity index is 1.46. The summed E-state index contributed by atoms with van der Waals surface area (Å²) in [5, 5.41) is 20.5. The summed E-state index contributed by atoms with van der Waals surface area (Å²) >= 11 is 0. The van der Waals surface area contributed by atoms with Gasteiger partial charge in [-0.3, -0.25) is 9.59 Å². The highest BCUT2D eigenvalue weighted by Crippen LogP contribution is 2.50. The smallest absolute Gasteiger partial charge is 0.455 e. The van der Waals surface area contributed by atoms with Crippen LogP contribution in [0.1, 0.15) is 31.7 Å². The summed E-state index contributed by atoms with van der Waals surface area (Å²) in [6.07, 6.45) is 2.01. The molecule has 40 heavy (non-hydrogen) atoms. The monoisotopic (exact) mass is 545 g/mol. The molecule has 0 spiro atoms. The summed E-state index contributed by atoms with van der Waals surface area (Å²) < 4.78 is 16.8. The lowest BCUT2D eigenvalue weighted by Gasteiger charge is -2.43. The van der Waals surface area contributed by atoms with Crippen LogP contribution in [-0.4, -0.2) is 59.9 Å². The molecule has 4 atom stereocenters. The number of ether oxygens (including phenoxy) is 2. The van der Waals surface area contributed by atoms with Crippen LogP contribution in [0.4, 0.5) is 4.79 Å². The van der Waals surface area contributed by atoms with E-state index in [1.807, 2.05) is 49.4 Å². The van der Waals surface area contributed by atoms with Crippen molar-refractivity contribution in [1.82, 2.24) is 4.90 Å². The number of nitrogens with zero attached hydrogens (tertiary/aromatic N) is 1. The molecule has 2 fully saturated rings. The highest BCUT2D eigenvalue weighted by Gasteiger charge is 2.59. The van der Waals surface area contributed by atoms with Crippen molar-refractivity contribution < 1.29 is 38.6 Å². The van der Waals surface area contributed by atoms with Gasteiger partial charge in [0.1, 0.15) is 18.1 Å². The molecular formula is C30H32BNO8. The quantitative estimate of drug-likeness (QED) is 0.301. The minimum absolute atomic E-state index is 0.133. The first-order chi connectivity index (χ1) is 19.3. The van der Waals surface area contributed by atoms with Gasteiger partial charge in [-0.15, -0.1) is 0 Å². The van der Waals surface area contributed by atoms with Crippen LogP contribution in [0.25, 0.3) is 6.08 Å². The van der Waals surface area contributed by atoms with Gasteiger partial charge in [0.25, 0.3) is 0 Å². The molecule has 0 bridgehead atoms. The summed E-state index contributed by atoms with van der Waals surface area (Å²) in [6.45, 7) is 2.17. The van der Waals surface area contributed by atoms with Crippen molar-refractivity contribution in [2.45, 2.75) is 38.6 Å². The average Bonchev–Trinajstić information content (AvgIpc) is 3.19. The SMILES string of the molecule is COC(=O)N1C(=O)[C@@H]2[C@@H](CC(COc3ccccc3)=C3[C@@H](CC/C(C)=C/c4cccc(O)c4)OB(O)C[C@@H]32)C1=O. The number of aromatic hydroxyl groups is 1. The minimum Gasteiger partial charge on any atom is -0.508 e. The first-order valence-corrected chi connectivity index (χ1v) is 13.4. The van der Waals surface area contributed by atoms with E-state index in [0.29, 0.717) is 23.5 Å². The number of likely N-dealkylation sites (tertiary alicyclic amines) is 1. The second-order valence-corrected chi connectivity index (χ2v) is 10.5. The Morgan fingerprint density at radius 1 is 1.12 bits per heavy atom. The van der Waals surface area contributed by atoms with Crippen LogP contribution in [0.3, 0.4) is 0 Å². The second kappa shape index (κ2) is 11.7. The van der Waals surface area contributed by atoms with Crippen molar-refractivity contribution in [3.05, 3.63) is 76.9 Å². The third-order valence-corrected chi connectivity index (χ3v) is 7.91. The maximum atomic E-state index is 13.4. The number of hydrogen-bond acceptors (Lipinski definition) is 8. The highest BCUT2D eigenvalue weighted by molar-refractivity contribution is 6.43. The van der Waals surface area contributed by atoms with Crippen LogP contribution in [0, 0.1) is 17.8 Å². The Morgan fingerprint density at radius 2 is 1.90 bits per heavy atom. The van der Waals surface area contributed by atoms with Gasteiger partial charge in [0.2, 0.25) is 11.8 Å². The lowest BCUT2D eigenvalue weighted by Crippen LogP contribution is -2.46. The fourth-order valence-electron chi connectivity index (χ4n) is 6.18. The van der Waals surface area contributed by atoms with Gasteiger partial charge >= 0.3 is 13.2 Å². The van der Waals surface area contributed by atoms with Gasteiger partial charge < -0.3 is 24.3 Å². The number of phenolic OH excluding ortho intramolecular Hbond substituents is 1.